The van der Waals surface area contributed by atoms with Crippen LogP contribution in [-0.4, -0.2) is 60.0 Å². The number of likely N-dealkylation sites (tertiary alicyclic amines) is 1. The molecule has 5 atom stereocenters. The number of hydrogen-bond acceptors (Lipinski definition) is 6. The highest BCUT2D eigenvalue weighted by molar-refractivity contribution is 5.82. The molecule has 0 aromatic heterocycles. The van der Waals surface area contributed by atoms with Crippen LogP contribution in [0.15, 0.2) is 0 Å². The van der Waals surface area contributed by atoms with Crippen LogP contribution < -0.4 is 5.32 Å². The number of nitrogens with one attached hydrogen (secondary N) is 1. The molecule has 1 N–H and O–H groups in total. The fourth-order valence-corrected chi connectivity index (χ4v) is 4.28. The Morgan fingerprint density at radius 1 is 1.20 bits per heavy atom. The molecule has 2 fully saturated rings. The number of esters is 1. The topological polar surface area (TPSA) is 94.2 Å². The van der Waals surface area contributed by atoms with E-state index >= 15 is 0 Å². The van der Waals surface area contributed by atoms with Crippen LogP contribution in [0.2, 0.25) is 0 Å². The minimum atomic E-state index is -0.832. The summed E-state index contributed by atoms with van der Waals surface area (Å²) in [5.41, 5.74) is -0.669. The van der Waals surface area contributed by atoms with Crippen molar-refractivity contribution < 1.29 is 28.6 Å². The van der Waals surface area contributed by atoms with Gasteiger partial charge in [-0.25, -0.2) is 14.4 Å². The van der Waals surface area contributed by atoms with Crippen LogP contribution in [0.4, 0.5) is 9.59 Å². The number of carbonyl (C=O) groups excluding carboxylic acids is 3. The maximum Gasteiger partial charge on any atom is 0.410 e. The summed E-state index contributed by atoms with van der Waals surface area (Å²) in [5, 5.41) is 2.63. The van der Waals surface area contributed by atoms with Crippen LogP contribution in [0.5, 0.6) is 0 Å². The summed E-state index contributed by atoms with van der Waals surface area (Å²) >= 11 is 0. The van der Waals surface area contributed by atoms with Crippen molar-refractivity contribution in [3.63, 3.8) is 0 Å². The van der Waals surface area contributed by atoms with Crippen molar-refractivity contribution >= 4 is 18.2 Å². The van der Waals surface area contributed by atoms with Gasteiger partial charge in [0.2, 0.25) is 0 Å². The zero-order valence-corrected chi connectivity index (χ0v) is 18.8. The smallest absolute Gasteiger partial charge is 0.410 e. The summed E-state index contributed by atoms with van der Waals surface area (Å²) in [6.45, 7) is 8.93. The van der Waals surface area contributed by atoms with Crippen LogP contribution in [-0.2, 0) is 19.0 Å². The second-order valence-corrected chi connectivity index (χ2v) is 9.30. The van der Waals surface area contributed by atoms with Gasteiger partial charge in [0.1, 0.15) is 17.7 Å². The van der Waals surface area contributed by atoms with Gasteiger partial charge in [0.15, 0.2) is 0 Å². The van der Waals surface area contributed by atoms with Crippen LogP contribution in [0.1, 0.15) is 60.3 Å². The lowest BCUT2D eigenvalue weighted by atomic mass is 9.82. The Morgan fingerprint density at radius 2 is 1.87 bits per heavy atom. The van der Waals surface area contributed by atoms with Gasteiger partial charge in [0.05, 0.1) is 13.2 Å². The molecule has 1 aliphatic carbocycles. The highest BCUT2D eigenvalue weighted by Gasteiger charge is 2.50. The van der Waals surface area contributed by atoms with E-state index in [0.717, 1.165) is 12.8 Å². The van der Waals surface area contributed by atoms with Crippen molar-refractivity contribution in [2.24, 2.45) is 11.8 Å². The lowest BCUT2D eigenvalue weighted by Gasteiger charge is -2.37. The van der Waals surface area contributed by atoms with E-state index in [1.54, 1.807) is 25.7 Å². The van der Waals surface area contributed by atoms with E-state index in [4.69, 9.17) is 20.6 Å². The predicted molar refractivity (Wildman–Crippen MR) is 110 cm³/mol. The fourth-order valence-electron chi connectivity index (χ4n) is 4.28. The molecule has 8 nitrogen and oxygen atoms in total. The largest absolute Gasteiger partial charge is 0.460 e. The van der Waals surface area contributed by atoms with Gasteiger partial charge in [-0.2, -0.15) is 0 Å². The molecule has 1 aliphatic heterocycles. The first-order valence-corrected chi connectivity index (χ1v) is 10.5. The molecule has 0 aromatic carbocycles. The van der Waals surface area contributed by atoms with Crippen LogP contribution >= 0.6 is 0 Å². The van der Waals surface area contributed by atoms with Crippen molar-refractivity contribution in [1.82, 2.24) is 10.2 Å². The molecule has 2 unspecified atom stereocenters. The lowest BCUT2D eigenvalue weighted by molar-refractivity contribution is -0.158. The number of fused-ring (bicyclic) bond motifs is 1. The molecule has 0 radical (unpaired) electrons. The third kappa shape index (κ3) is 5.59. The normalized spacial score (nSPS) is 26.9. The highest BCUT2D eigenvalue weighted by atomic mass is 16.6. The van der Waals surface area contributed by atoms with Gasteiger partial charge in [-0.3, -0.25) is 4.90 Å². The standard InChI is InChI=1S/C22H34N2O6/c1-8-14-12-15-16(24(14)21(27)28-7)10-9-11-17(15)29-19(25)18(13(2)3)23-20(26)30-22(4,5)6/h1,13-18H,9-12H2,2-7H3,(H,23,26)/t14?,15-,16-,17+,18?/m1/s1. The van der Waals surface area contributed by atoms with Crippen LogP contribution in [0, 0.1) is 24.2 Å². The van der Waals surface area contributed by atoms with Gasteiger partial charge in [-0.1, -0.05) is 19.8 Å². The lowest BCUT2D eigenvalue weighted by Crippen LogP contribution is -2.50. The first-order chi connectivity index (χ1) is 14.0. The van der Waals surface area contributed by atoms with E-state index < -0.39 is 29.8 Å². The molecule has 1 heterocycles. The molecule has 30 heavy (non-hydrogen) atoms. The third-order valence-electron chi connectivity index (χ3n) is 5.59. The zero-order chi connectivity index (χ0) is 22.6. The van der Waals surface area contributed by atoms with Gasteiger partial charge in [-0.15, -0.1) is 6.42 Å². The van der Waals surface area contributed by atoms with Gasteiger partial charge >= 0.3 is 18.2 Å². The number of nitrogens with zero attached hydrogens (tertiary/aromatic N) is 1. The Balaban J connectivity index is 2.10. The molecule has 1 saturated carbocycles. The van der Waals surface area contributed by atoms with E-state index in [9.17, 15) is 14.4 Å². The van der Waals surface area contributed by atoms with Crippen molar-refractivity contribution in [3.8, 4) is 12.3 Å². The number of amides is 2. The van der Waals surface area contributed by atoms with Gasteiger partial charge < -0.3 is 19.5 Å². The van der Waals surface area contributed by atoms with Gasteiger partial charge in [-0.05, 0) is 52.4 Å². The maximum absolute atomic E-state index is 12.9. The summed E-state index contributed by atoms with van der Waals surface area (Å²) in [6.07, 6.45) is 6.99. The summed E-state index contributed by atoms with van der Waals surface area (Å²) in [4.78, 5) is 38.9. The Kier molecular flexibility index (Phi) is 7.62. The third-order valence-corrected chi connectivity index (χ3v) is 5.59. The molecule has 2 amide bonds. The summed E-state index contributed by atoms with van der Waals surface area (Å²) in [7, 11) is 1.33. The zero-order valence-electron chi connectivity index (χ0n) is 18.8. The molecular formula is C22H34N2O6. The van der Waals surface area contributed by atoms with Gasteiger partial charge in [0.25, 0.3) is 0 Å². The molecule has 0 spiro atoms. The van der Waals surface area contributed by atoms with E-state index in [-0.39, 0.29) is 30.0 Å². The number of hydrogen-bond donors (Lipinski definition) is 1. The van der Waals surface area contributed by atoms with Crippen LogP contribution in [0.3, 0.4) is 0 Å². The van der Waals surface area contributed by atoms with Crippen molar-refractivity contribution in [3.05, 3.63) is 0 Å². The molecule has 1 saturated heterocycles. The Morgan fingerprint density at radius 3 is 2.40 bits per heavy atom. The first kappa shape index (κ1) is 23.8. The number of ether oxygens (including phenoxy) is 3. The Hall–Kier alpha value is -2.43. The summed E-state index contributed by atoms with van der Waals surface area (Å²) in [5.74, 6) is 1.91. The minimum absolute atomic E-state index is 0.0582. The van der Waals surface area contributed by atoms with E-state index in [2.05, 4.69) is 11.2 Å². The summed E-state index contributed by atoms with van der Waals surface area (Å²) < 4.78 is 16.0. The SMILES string of the molecule is C#CC1C[C@H]2[C@@H](OC(=O)C(NC(=O)OC(C)(C)C)C(C)C)CCC[C@H]2N1C(=O)OC. The van der Waals surface area contributed by atoms with Crippen molar-refractivity contribution in [2.75, 3.05) is 7.11 Å². The molecule has 0 aromatic rings. The van der Waals surface area contributed by atoms with Gasteiger partial charge in [0, 0.05) is 12.0 Å². The van der Waals surface area contributed by atoms with E-state index in [1.165, 1.54) is 7.11 Å². The molecule has 0 bridgehead atoms. The minimum Gasteiger partial charge on any atom is -0.460 e. The predicted octanol–water partition coefficient (Wildman–Crippen LogP) is 3.09. The number of alkyl carbamates (subject to hydrolysis) is 1. The second-order valence-electron chi connectivity index (χ2n) is 9.30. The quantitative estimate of drug-likeness (QED) is 0.425. The number of methoxy groups -OCH3 is 1. The number of rotatable bonds is 4. The molecule has 168 valence electrons. The monoisotopic (exact) mass is 422 g/mol. The first-order valence-electron chi connectivity index (χ1n) is 10.5. The van der Waals surface area contributed by atoms with Crippen molar-refractivity contribution in [2.45, 2.75) is 90.1 Å². The Bertz CT molecular complexity index is 693. The van der Waals surface area contributed by atoms with Crippen molar-refractivity contribution in [1.29, 1.82) is 0 Å². The molecule has 8 heteroatoms. The van der Waals surface area contributed by atoms with E-state index in [0.29, 0.717) is 12.8 Å². The number of carbonyl (C=O) groups is 3. The average molecular weight is 423 g/mol. The second kappa shape index (κ2) is 9.59. The highest BCUT2D eigenvalue weighted by Crippen LogP contribution is 2.41. The molecular weight excluding hydrogens is 388 g/mol. The summed E-state index contributed by atoms with van der Waals surface area (Å²) in [6, 6.07) is -1.34. The fraction of sp³-hybridized carbons (Fsp3) is 0.773. The Labute approximate surface area is 179 Å². The average Bonchev–Trinajstić information content (AvgIpc) is 3.03. The molecule has 2 rings (SSSR count). The van der Waals surface area contributed by atoms with E-state index in [1.807, 2.05) is 13.8 Å². The van der Waals surface area contributed by atoms with Crippen LogP contribution in [0.25, 0.3) is 0 Å². The molecule has 2 aliphatic rings. The maximum atomic E-state index is 12.9. The number of terminal acetylenes is 1.